The van der Waals surface area contributed by atoms with Gasteiger partial charge in [-0.15, -0.1) is 0 Å². The van der Waals surface area contributed by atoms with Crippen LogP contribution in [0.5, 0.6) is 5.75 Å². The zero-order valence-corrected chi connectivity index (χ0v) is 20.2. The molecule has 8 heteroatoms. The van der Waals surface area contributed by atoms with Crippen molar-refractivity contribution in [3.8, 4) is 5.75 Å². The maximum absolute atomic E-state index is 13.7. The van der Waals surface area contributed by atoms with Crippen molar-refractivity contribution in [3.05, 3.63) is 87.9 Å². The molecular formula is C24H19BrClN3O2S. The molecule has 2 aliphatic heterocycles. The van der Waals surface area contributed by atoms with Crippen LogP contribution >= 0.6 is 39.7 Å². The lowest BCUT2D eigenvalue weighted by Gasteiger charge is -2.56. The van der Waals surface area contributed by atoms with E-state index < -0.39 is 11.6 Å². The summed E-state index contributed by atoms with van der Waals surface area (Å²) in [7, 11) is 0. The molecule has 0 radical (unpaired) electrons. The van der Waals surface area contributed by atoms with Gasteiger partial charge in [-0.3, -0.25) is 9.69 Å². The Hall–Kier alpha value is -2.61. The number of nitrogens with zero attached hydrogens (tertiary/aromatic N) is 1. The molecule has 5 nitrogen and oxygen atoms in total. The van der Waals surface area contributed by atoms with Gasteiger partial charge in [0.2, 0.25) is 5.91 Å². The molecule has 1 fully saturated rings. The Morgan fingerprint density at radius 1 is 1.16 bits per heavy atom. The number of fused-ring (bicyclic) bond motifs is 4. The van der Waals surface area contributed by atoms with Gasteiger partial charge in [-0.1, -0.05) is 51.8 Å². The predicted octanol–water partition coefficient (Wildman–Crippen LogP) is 5.90. The van der Waals surface area contributed by atoms with E-state index in [2.05, 4.69) is 26.6 Å². The van der Waals surface area contributed by atoms with Gasteiger partial charge < -0.3 is 15.4 Å². The number of hydrogen-bond acceptors (Lipinski definition) is 3. The molecule has 3 atom stereocenters. The minimum absolute atomic E-state index is 0.177. The molecule has 5 rings (SSSR count). The highest BCUT2D eigenvalue weighted by Gasteiger charge is 2.59. The second-order valence-electron chi connectivity index (χ2n) is 7.91. The Morgan fingerprint density at radius 2 is 1.91 bits per heavy atom. The van der Waals surface area contributed by atoms with Crippen LogP contribution in [0.25, 0.3) is 0 Å². The van der Waals surface area contributed by atoms with E-state index in [9.17, 15) is 4.79 Å². The van der Waals surface area contributed by atoms with Crippen LogP contribution in [0.1, 0.15) is 18.5 Å². The van der Waals surface area contributed by atoms with Crippen molar-refractivity contribution in [2.75, 3.05) is 10.2 Å². The highest BCUT2D eigenvalue weighted by Crippen LogP contribution is 2.49. The third-order valence-corrected chi connectivity index (χ3v) is 6.91. The second kappa shape index (κ2) is 8.06. The molecule has 1 saturated heterocycles. The van der Waals surface area contributed by atoms with Gasteiger partial charge in [0.25, 0.3) is 0 Å². The maximum atomic E-state index is 13.7. The molecule has 162 valence electrons. The number of anilines is 2. The van der Waals surface area contributed by atoms with Crippen LogP contribution in [0, 0.1) is 5.92 Å². The first kappa shape index (κ1) is 21.2. The van der Waals surface area contributed by atoms with E-state index in [4.69, 9.17) is 28.6 Å². The Labute approximate surface area is 204 Å². The number of para-hydroxylation sites is 1. The number of carbonyl (C=O) groups is 1. The van der Waals surface area contributed by atoms with Gasteiger partial charge in [-0.2, -0.15) is 0 Å². The summed E-state index contributed by atoms with van der Waals surface area (Å²) in [5.41, 5.74) is 1.33. The van der Waals surface area contributed by atoms with Crippen LogP contribution in [-0.2, 0) is 4.79 Å². The van der Waals surface area contributed by atoms with E-state index >= 15 is 0 Å². The van der Waals surface area contributed by atoms with Crippen molar-refractivity contribution < 1.29 is 9.53 Å². The third kappa shape index (κ3) is 3.54. The van der Waals surface area contributed by atoms with E-state index in [1.54, 1.807) is 24.3 Å². The third-order valence-electron chi connectivity index (χ3n) is 5.87. The number of amides is 1. The summed E-state index contributed by atoms with van der Waals surface area (Å²) in [4.78, 5) is 15.6. The SMILES string of the molecule is C[C@@]12Oc3ccccc3[C@@H](NC(=S)N1c1cccc(Br)c1)[C@@H]2C(=O)Nc1ccc(Cl)cc1. The van der Waals surface area contributed by atoms with Crippen LogP contribution in [0.4, 0.5) is 11.4 Å². The summed E-state index contributed by atoms with van der Waals surface area (Å²) < 4.78 is 7.46. The van der Waals surface area contributed by atoms with Gasteiger partial charge in [-0.25, -0.2) is 0 Å². The molecule has 2 N–H and O–H groups in total. The first-order valence-corrected chi connectivity index (χ1v) is 11.7. The fourth-order valence-electron chi connectivity index (χ4n) is 4.49. The molecule has 32 heavy (non-hydrogen) atoms. The Morgan fingerprint density at radius 3 is 2.66 bits per heavy atom. The lowest BCUT2D eigenvalue weighted by Crippen LogP contribution is -2.72. The molecule has 0 aromatic heterocycles. The van der Waals surface area contributed by atoms with Crippen molar-refractivity contribution in [1.82, 2.24) is 5.32 Å². The molecule has 2 aliphatic rings. The number of thiocarbonyl (C=S) groups is 1. The van der Waals surface area contributed by atoms with Gasteiger partial charge >= 0.3 is 0 Å². The summed E-state index contributed by atoms with van der Waals surface area (Å²) in [6.45, 7) is 1.91. The number of rotatable bonds is 3. The molecule has 3 aromatic rings. The monoisotopic (exact) mass is 527 g/mol. The topological polar surface area (TPSA) is 53.6 Å². The van der Waals surface area contributed by atoms with E-state index in [-0.39, 0.29) is 11.9 Å². The molecule has 0 spiro atoms. The van der Waals surface area contributed by atoms with Crippen LogP contribution in [0.15, 0.2) is 77.3 Å². The number of benzene rings is 3. The number of halogens is 2. The first-order valence-electron chi connectivity index (χ1n) is 10.1. The van der Waals surface area contributed by atoms with Crippen LogP contribution in [-0.4, -0.2) is 16.7 Å². The average molecular weight is 529 g/mol. The molecular weight excluding hydrogens is 510 g/mol. The van der Waals surface area contributed by atoms with Crippen molar-refractivity contribution in [1.29, 1.82) is 0 Å². The van der Waals surface area contributed by atoms with Crippen molar-refractivity contribution >= 4 is 62.1 Å². The predicted molar refractivity (Wildman–Crippen MR) is 134 cm³/mol. The second-order valence-corrected chi connectivity index (χ2v) is 9.65. The van der Waals surface area contributed by atoms with Crippen molar-refractivity contribution in [2.45, 2.75) is 18.7 Å². The molecule has 1 amide bonds. The van der Waals surface area contributed by atoms with Crippen LogP contribution in [0.2, 0.25) is 5.02 Å². The molecule has 3 aromatic carbocycles. The number of carbonyl (C=O) groups excluding carboxylic acids is 1. The van der Waals surface area contributed by atoms with E-state index in [1.165, 1.54) is 0 Å². The minimum atomic E-state index is -1.06. The quantitative estimate of drug-likeness (QED) is 0.415. The largest absolute Gasteiger partial charge is 0.467 e. The molecule has 2 heterocycles. The highest BCUT2D eigenvalue weighted by atomic mass is 79.9. The van der Waals surface area contributed by atoms with Crippen LogP contribution < -0.4 is 20.3 Å². The maximum Gasteiger partial charge on any atom is 0.236 e. The van der Waals surface area contributed by atoms with Gasteiger partial charge in [0.1, 0.15) is 11.7 Å². The van der Waals surface area contributed by atoms with E-state index in [0.717, 1.165) is 21.5 Å². The summed E-state index contributed by atoms with van der Waals surface area (Å²) in [6.07, 6.45) is 0. The fourth-order valence-corrected chi connectivity index (χ4v) is 5.41. The molecule has 0 saturated carbocycles. The summed E-state index contributed by atoms with van der Waals surface area (Å²) >= 11 is 15.3. The molecule has 2 bridgehead atoms. The number of ether oxygens (including phenoxy) is 1. The van der Waals surface area contributed by atoms with Crippen molar-refractivity contribution in [3.63, 3.8) is 0 Å². The molecule has 0 aliphatic carbocycles. The Bertz CT molecular complexity index is 1220. The Kier molecular flexibility index (Phi) is 5.35. The Balaban J connectivity index is 1.61. The average Bonchev–Trinajstić information content (AvgIpc) is 2.74. The smallest absolute Gasteiger partial charge is 0.236 e. The lowest BCUT2D eigenvalue weighted by atomic mass is 9.78. The minimum Gasteiger partial charge on any atom is -0.467 e. The highest BCUT2D eigenvalue weighted by molar-refractivity contribution is 9.10. The zero-order chi connectivity index (χ0) is 22.5. The van der Waals surface area contributed by atoms with Gasteiger partial charge in [0, 0.05) is 26.4 Å². The standard InChI is InChI=1S/C24H19BrClN3O2S/c1-24-20(22(30)27-16-11-9-15(26)10-12-16)21(18-7-2-3-8-19(18)31-24)28-23(32)29(24)17-6-4-5-14(25)13-17/h2-13,20-21H,1H3,(H,27,30)(H,28,32)/t20-,21-,24+/m1/s1. The fraction of sp³-hybridized carbons (Fsp3) is 0.167. The summed E-state index contributed by atoms with van der Waals surface area (Å²) in [6, 6.07) is 22.2. The van der Waals surface area contributed by atoms with Crippen molar-refractivity contribution in [2.24, 2.45) is 5.92 Å². The molecule has 0 unspecified atom stereocenters. The number of nitrogens with one attached hydrogen (secondary N) is 2. The summed E-state index contributed by atoms with van der Waals surface area (Å²) in [5.74, 6) is -0.0476. The van der Waals surface area contributed by atoms with Gasteiger partial charge in [-0.05, 0) is 67.7 Å². The van der Waals surface area contributed by atoms with Gasteiger partial charge in [0.05, 0.1) is 6.04 Å². The lowest BCUT2D eigenvalue weighted by molar-refractivity contribution is -0.130. The zero-order valence-electron chi connectivity index (χ0n) is 17.0. The van der Waals surface area contributed by atoms with Gasteiger partial charge in [0.15, 0.2) is 10.8 Å². The normalized spacial score (nSPS) is 23.6. The van der Waals surface area contributed by atoms with E-state index in [0.29, 0.717) is 15.8 Å². The first-order chi connectivity index (χ1) is 15.4. The van der Waals surface area contributed by atoms with E-state index in [1.807, 2.05) is 60.4 Å². The summed E-state index contributed by atoms with van der Waals surface area (Å²) in [5, 5.41) is 7.53. The number of hydrogen-bond donors (Lipinski definition) is 2. The van der Waals surface area contributed by atoms with Crippen LogP contribution in [0.3, 0.4) is 0 Å².